The molecule has 0 saturated carbocycles. The minimum atomic E-state index is 0.806. The number of aryl methyl sites for hydroxylation is 1. The average Bonchev–Trinajstić information content (AvgIpc) is 2.41. The Labute approximate surface area is 112 Å². The van der Waals surface area contributed by atoms with Crippen molar-refractivity contribution in [2.75, 3.05) is 14.2 Å². The van der Waals surface area contributed by atoms with Gasteiger partial charge in [0.05, 0.1) is 19.1 Å². The summed E-state index contributed by atoms with van der Waals surface area (Å²) < 4.78 is 10.6. The molecule has 0 aliphatic heterocycles. The monoisotopic (exact) mass is 260 g/mol. The van der Waals surface area contributed by atoms with Gasteiger partial charge >= 0.3 is 0 Å². The summed E-state index contributed by atoms with van der Waals surface area (Å²) in [6, 6.07) is 14.3. The van der Waals surface area contributed by atoms with E-state index in [1.165, 1.54) is 10.5 Å². The van der Waals surface area contributed by atoms with Gasteiger partial charge in [0, 0.05) is 11.0 Å². The lowest BCUT2D eigenvalue weighted by Gasteiger charge is -2.10. The van der Waals surface area contributed by atoms with Crippen LogP contribution in [0, 0.1) is 6.92 Å². The van der Waals surface area contributed by atoms with E-state index in [4.69, 9.17) is 9.47 Å². The molecule has 2 rings (SSSR count). The fourth-order valence-corrected chi connectivity index (χ4v) is 2.50. The largest absolute Gasteiger partial charge is 0.497 e. The SMILES string of the molecule is COc1ccc(Sc2ccc(C)cc2)c(OC)c1. The van der Waals surface area contributed by atoms with E-state index < -0.39 is 0 Å². The summed E-state index contributed by atoms with van der Waals surface area (Å²) in [7, 11) is 3.33. The van der Waals surface area contributed by atoms with E-state index in [2.05, 4.69) is 31.2 Å². The second-order valence-corrected chi connectivity index (χ2v) is 5.05. The quantitative estimate of drug-likeness (QED) is 0.822. The standard InChI is InChI=1S/C15H16O2S/c1-11-4-7-13(8-5-11)18-15-9-6-12(16-2)10-14(15)17-3/h4-10H,1-3H3. The van der Waals surface area contributed by atoms with E-state index in [1.807, 2.05) is 18.2 Å². The Balaban J connectivity index is 2.25. The molecule has 0 N–H and O–H groups in total. The van der Waals surface area contributed by atoms with Crippen LogP contribution < -0.4 is 9.47 Å². The maximum Gasteiger partial charge on any atom is 0.136 e. The highest BCUT2D eigenvalue weighted by atomic mass is 32.2. The average molecular weight is 260 g/mol. The van der Waals surface area contributed by atoms with Gasteiger partial charge in [-0.15, -0.1) is 0 Å². The highest BCUT2D eigenvalue weighted by Gasteiger charge is 2.06. The number of ether oxygens (including phenoxy) is 2. The highest BCUT2D eigenvalue weighted by molar-refractivity contribution is 7.99. The summed E-state index contributed by atoms with van der Waals surface area (Å²) in [5.74, 6) is 1.64. The third-order valence-electron chi connectivity index (χ3n) is 2.62. The summed E-state index contributed by atoms with van der Waals surface area (Å²) >= 11 is 1.69. The number of hydrogen-bond donors (Lipinski definition) is 0. The molecule has 0 aliphatic carbocycles. The molecule has 0 fully saturated rings. The maximum atomic E-state index is 5.38. The molecule has 3 heteroatoms. The summed E-state index contributed by atoms with van der Waals surface area (Å²) in [6.45, 7) is 2.09. The molecule has 0 saturated heterocycles. The van der Waals surface area contributed by atoms with E-state index in [9.17, 15) is 0 Å². The minimum absolute atomic E-state index is 0.806. The van der Waals surface area contributed by atoms with Gasteiger partial charge in [0.25, 0.3) is 0 Å². The van der Waals surface area contributed by atoms with Crippen molar-refractivity contribution in [1.82, 2.24) is 0 Å². The fraction of sp³-hybridized carbons (Fsp3) is 0.200. The van der Waals surface area contributed by atoms with Crippen LogP contribution in [0.2, 0.25) is 0 Å². The van der Waals surface area contributed by atoms with Gasteiger partial charge in [-0.05, 0) is 31.2 Å². The molecule has 94 valence electrons. The lowest BCUT2D eigenvalue weighted by atomic mass is 10.2. The van der Waals surface area contributed by atoms with Crippen molar-refractivity contribution in [1.29, 1.82) is 0 Å². The first kappa shape index (κ1) is 12.8. The number of methoxy groups -OCH3 is 2. The van der Waals surface area contributed by atoms with Crippen molar-refractivity contribution in [3.8, 4) is 11.5 Å². The van der Waals surface area contributed by atoms with Gasteiger partial charge in [0.15, 0.2) is 0 Å². The van der Waals surface area contributed by atoms with Gasteiger partial charge in [-0.1, -0.05) is 29.5 Å². The van der Waals surface area contributed by atoms with Crippen LogP contribution in [0.5, 0.6) is 11.5 Å². The first-order valence-corrected chi connectivity index (χ1v) is 6.51. The summed E-state index contributed by atoms with van der Waals surface area (Å²) in [4.78, 5) is 2.28. The van der Waals surface area contributed by atoms with Crippen LogP contribution in [0.15, 0.2) is 52.3 Å². The van der Waals surface area contributed by atoms with Crippen LogP contribution >= 0.6 is 11.8 Å². The van der Waals surface area contributed by atoms with Crippen LogP contribution in [0.25, 0.3) is 0 Å². The van der Waals surface area contributed by atoms with Crippen LogP contribution in [0.4, 0.5) is 0 Å². The molecule has 0 radical (unpaired) electrons. The van der Waals surface area contributed by atoms with Crippen molar-refractivity contribution in [2.45, 2.75) is 16.7 Å². The zero-order valence-corrected chi connectivity index (χ0v) is 11.6. The predicted octanol–water partition coefficient (Wildman–Crippen LogP) is 4.16. The van der Waals surface area contributed by atoms with Crippen molar-refractivity contribution >= 4 is 11.8 Å². The molecule has 2 aromatic rings. The van der Waals surface area contributed by atoms with Gasteiger partial charge in [0.2, 0.25) is 0 Å². The molecule has 0 bridgehead atoms. The zero-order chi connectivity index (χ0) is 13.0. The molecular weight excluding hydrogens is 244 g/mol. The van der Waals surface area contributed by atoms with Gasteiger partial charge in [-0.3, -0.25) is 0 Å². The van der Waals surface area contributed by atoms with Crippen molar-refractivity contribution in [3.05, 3.63) is 48.0 Å². The van der Waals surface area contributed by atoms with Crippen LogP contribution in [0.3, 0.4) is 0 Å². The molecule has 2 nitrogen and oxygen atoms in total. The van der Waals surface area contributed by atoms with Crippen molar-refractivity contribution in [2.24, 2.45) is 0 Å². The Kier molecular flexibility index (Phi) is 4.15. The molecule has 2 aromatic carbocycles. The third-order valence-corrected chi connectivity index (χ3v) is 3.68. The van der Waals surface area contributed by atoms with Crippen LogP contribution in [0.1, 0.15) is 5.56 Å². The Morgan fingerprint density at radius 1 is 0.889 bits per heavy atom. The number of rotatable bonds is 4. The minimum Gasteiger partial charge on any atom is -0.497 e. The molecule has 0 aromatic heterocycles. The van der Waals surface area contributed by atoms with Gasteiger partial charge in [-0.2, -0.15) is 0 Å². The topological polar surface area (TPSA) is 18.5 Å². The predicted molar refractivity (Wildman–Crippen MR) is 74.8 cm³/mol. The number of hydrogen-bond acceptors (Lipinski definition) is 3. The molecule has 0 aliphatic rings. The molecular formula is C15H16O2S. The molecule has 0 amide bonds. The lowest BCUT2D eigenvalue weighted by molar-refractivity contribution is 0.387. The Morgan fingerprint density at radius 2 is 1.61 bits per heavy atom. The molecule has 0 atom stereocenters. The first-order valence-electron chi connectivity index (χ1n) is 5.69. The first-order chi connectivity index (χ1) is 8.72. The van der Waals surface area contributed by atoms with Crippen molar-refractivity contribution in [3.63, 3.8) is 0 Å². The zero-order valence-electron chi connectivity index (χ0n) is 10.8. The molecule has 0 heterocycles. The van der Waals surface area contributed by atoms with Gasteiger partial charge in [0.1, 0.15) is 11.5 Å². The second kappa shape index (κ2) is 5.83. The smallest absolute Gasteiger partial charge is 0.136 e. The fourth-order valence-electron chi connectivity index (χ4n) is 1.59. The lowest BCUT2D eigenvalue weighted by Crippen LogP contribution is -1.89. The van der Waals surface area contributed by atoms with E-state index >= 15 is 0 Å². The summed E-state index contributed by atoms with van der Waals surface area (Å²) in [6.07, 6.45) is 0. The van der Waals surface area contributed by atoms with Gasteiger partial charge in [-0.25, -0.2) is 0 Å². The Hall–Kier alpha value is -1.61. The Bertz CT molecular complexity index is 521. The second-order valence-electron chi connectivity index (χ2n) is 3.93. The van der Waals surface area contributed by atoms with E-state index in [1.54, 1.807) is 26.0 Å². The normalized spacial score (nSPS) is 10.2. The van der Waals surface area contributed by atoms with Crippen LogP contribution in [-0.4, -0.2) is 14.2 Å². The van der Waals surface area contributed by atoms with E-state index in [0.29, 0.717) is 0 Å². The van der Waals surface area contributed by atoms with Gasteiger partial charge < -0.3 is 9.47 Å². The third kappa shape index (κ3) is 2.99. The summed E-state index contributed by atoms with van der Waals surface area (Å²) in [5.41, 5.74) is 1.26. The maximum absolute atomic E-state index is 5.38. The van der Waals surface area contributed by atoms with Crippen molar-refractivity contribution < 1.29 is 9.47 Å². The van der Waals surface area contributed by atoms with E-state index in [-0.39, 0.29) is 0 Å². The highest BCUT2D eigenvalue weighted by Crippen LogP contribution is 2.37. The van der Waals surface area contributed by atoms with E-state index in [0.717, 1.165) is 16.4 Å². The molecule has 0 unspecified atom stereocenters. The van der Waals surface area contributed by atoms with Crippen LogP contribution in [-0.2, 0) is 0 Å². The Morgan fingerprint density at radius 3 is 2.22 bits per heavy atom. The molecule has 0 spiro atoms. The molecule has 18 heavy (non-hydrogen) atoms. The summed E-state index contributed by atoms with van der Waals surface area (Å²) in [5, 5.41) is 0. The number of benzene rings is 2.